The van der Waals surface area contributed by atoms with E-state index in [9.17, 15) is 4.91 Å². The average Bonchev–Trinajstić information content (AvgIpc) is 2.83. The van der Waals surface area contributed by atoms with Gasteiger partial charge in [0, 0.05) is 36.7 Å². The summed E-state index contributed by atoms with van der Waals surface area (Å²) in [5.74, 6) is 0. The molecule has 0 atom stereocenters. The molecule has 2 aromatic rings. The lowest BCUT2D eigenvalue weighted by atomic mass is 10.1. The maximum Gasteiger partial charge on any atom is 0.0524 e. The molecule has 0 amide bonds. The number of aromatic nitrogens is 1. The second kappa shape index (κ2) is 4.78. The van der Waals surface area contributed by atoms with Crippen molar-refractivity contribution in [1.82, 2.24) is 14.9 Å². The van der Waals surface area contributed by atoms with Gasteiger partial charge < -0.3 is 4.98 Å². The monoisotopic (exact) mass is 244 g/mol. The number of rotatable bonds is 3. The van der Waals surface area contributed by atoms with Crippen molar-refractivity contribution in [3.05, 3.63) is 40.9 Å². The number of hydrogen-bond donors (Lipinski definition) is 1. The van der Waals surface area contributed by atoms with Gasteiger partial charge in [-0.15, -0.1) is 4.91 Å². The van der Waals surface area contributed by atoms with Crippen LogP contribution in [0.5, 0.6) is 0 Å². The molecule has 0 radical (unpaired) electrons. The molecule has 0 unspecified atom stereocenters. The third kappa shape index (κ3) is 2.09. The molecule has 1 fully saturated rings. The topological polar surface area (TPSA) is 51.7 Å². The smallest absolute Gasteiger partial charge is 0.0524 e. The van der Waals surface area contributed by atoms with Gasteiger partial charge in [0.05, 0.1) is 18.4 Å². The summed E-state index contributed by atoms with van der Waals surface area (Å²) in [4.78, 5) is 16.1. The first kappa shape index (κ1) is 11.2. The minimum absolute atomic E-state index is 0.728. The van der Waals surface area contributed by atoms with Crippen molar-refractivity contribution < 1.29 is 0 Å². The van der Waals surface area contributed by atoms with E-state index in [1.54, 1.807) is 5.01 Å². The van der Waals surface area contributed by atoms with Crippen molar-refractivity contribution >= 4 is 10.9 Å². The Morgan fingerprint density at radius 1 is 1.17 bits per heavy atom. The molecule has 0 aliphatic carbocycles. The van der Waals surface area contributed by atoms with Crippen LogP contribution in [0.3, 0.4) is 0 Å². The fourth-order valence-electron chi connectivity index (χ4n) is 2.48. The quantitative estimate of drug-likeness (QED) is 0.840. The third-order valence-corrected chi connectivity index (χ3v) is 3.53. The molecule has 1 N–H and O–H groups in total. The summed E-state index contributed by atoms with van der Waals surface area (Å²) in [6.45, 7) is 4.17. The third-order valence-electron chi connectivity index (χ3n) is 3.53. The Balaban J connectivity index is 1.71. The predicted octanol–water partition coefficient (Wildman–Crippen LogP) is 1.97. The molecule has 18 heavy (non-hydrogen) atoms. The molecule has 5 nitrogen and oxygen atoms in total. The van der Waals surface area contributed by atoms with Gasteiger partial charge in [-0.05, 0) is 11.6 Å². The van der Waals surface area contributed by atoms with Crippen LogP contribution in [-0.2, 0) is 6.54 Å². The van der Waals surface area contributed by atoms with E-state index in [0.29, 0.717) is 0 Å². The SMILES string of the molecule is O=NN1CCN(Cc2c[nH]c3ccccc23)CC1. The molecule has 1 aromatic carbocycles. The van der Waals surface area contributed by atoms with Crippen LogP contribution >= 0.6 is 0 Å². The Bertz CT molecular complexity index is 543. The lowest BCUT2D eigenvalue weighted by Crippen LogP contribution is -2.43. The Hall–Kier alpha value is -1.88. The van der Waals surface area contributed by atoms with Crippen molar-refractivity contribution in [2.75, 3.05) is 26.2 Å². The maximum atomic E-state index is 10.4. The van der Waals surface area contributed by atoms with Crippen LogP contribution < -0.4 is 0 Å². The highest BCUT2D eigenvalue weighted by atomic mass is 16.3. The van der Waals surface area contributed by atoms with Gasteiger partial charge in [0.1, 0.15) is 0 Å². The van der Waals surface area contributed by atoms with E-state index in [1.165, 1.54) is 16.5 Å². The standard InChI is InChI=1S/C13H16N4O/c18-15-17-7-5-16(6-8-17)10-11-9-14-13-4-2-1-3-12(11)13/h1-4,9,14H,5-8,10H2. The van der Waals surface area contributed by atoms with Crippen molar-refractivity contribution in [3.63, 3.8) is 0 Å². The fraction of sp³-hybridized carbons (Fsp3) is 0.385. The first-order valence-electron chi connectivity index (χ1n) is 6.22. The number of para-hydroxylation sites is 1. The van der Waals surface area contributed by atoms with Crippen LogP contribution in [0, 0.1) is 4.91 Å². The molecular weight excluding hydrogens is 228 g/mol. The first-order valence-corrected chi connectivity index (χ1v) is 6.22. The summed E-state index contributed by atoms with van der Waals surface area (Å²) in [6, 6.07) is 8.34. The number of aromatic amines is 1. The minimum atomic E-state index is 0.728. The zero-order chi connectivity index (χ0) is 12.4. The molecule has 2 heterocycles. The molecule has 0 bridgehead atoms. The second-order valence-corrected chi connectivity index (χ2v) is 4.67. The van der Waals surface area contributed by atoms with Crippen LogP contribution in [0.25, 0.3) is 10.9 Å². The van der Waals surface area contributed by atoms with Gasteiger partial charge in [0.2, 0.25) is 0 Å². The van der Waals surface area contributed by atoms with E-state index in [1.807, 2.05) is 6.07 Å². The van der Waals surface area contributed by atoms with Crippen LogP contribution in [-0.4, -0.2) is 41.1 Å². The lowest BCUT2D eigenvalue weighted by Gasteiger charge is -2.30. The van der Waals surface area contributed by atoms with Crippen LogP contribution in [0.2, 0.25) is 0 Å². The molecule has 94 valence electrons. The van der Waals surface area contributed by atoms with Gasteiger partial charge >= 0.3 is 0 Å². The van der Waals surface area contributed by atoms with Gasteiger partial charge in [-0.3, -0.25) is 9.91 Å². The van der Waals surface area contributed by atoms with E-state index < -0.39 is 0 Å². The average molecular weight is 244 g/mol. The number of nitrogens with zero attached hydrogens (tertiary/aromatic N) is 3. The summed E-state index contributed by atoms with van der Waals surface area (Å²) < 4.78 is 0. The Morgan fingerprint density at radius 2 is 1.94 bits per heavy atom. The molecule has 1 saturated heterocycles. The number of H-pyrrole nitrogens is 1. The maximum absolute atomic E-state index is 10.4. The van der Waals surface area contributed by atoms with Gasteiger partial charge in [0.25, 0.3) is 0 Å². The van der Waals surface area contributed by atoms with Crippen LogP contribution in [0.15, 0.2) is 35.7 Å². The van der Waals surface area contributed by atoms with Gasteiger partial charge in [-0.25, -0.2) is 0 Å². The molecule has 5 heteroatoms. The predicted molar refractivity (Wildman–Crippen MR) is 70.9 cm³/mol. The summed E-state index contributed by atoms with van der Waals surface area (Å²) in [7, 11) is 0. The molecule has 1 aromatic heterocycles. The first-order chi connectivity index (χ1) is 8.86. The zero-order valence-corrected chi connectivity index (χ0v) is 10.2. The molecule has 1 aliphatic heterocycles. The lowest BCUT2D eigenvalue weighted by molar-refractivity contribution is 0.129. The van der Waals surface area contributed by atoms with Gasteiger partial charge in [-0.2, -0.15) is 0 Å². The molecular formula is C13H16N4O. The van der Waals surface area contributed by atoms with Crippen molar-refractivity contribution in [2.45, 2.75) is 6.54 Å². The van der Waals surface area contributed by atoms with Gasteiger partial charge in [-0.1, -0.05) is 18.2 Å². The summed E-state index contributed by atoms with van der Waals surface area (Å²) in [5.41, 5.74) is 2.50. The molecule has 0 saturated carbocycles. The highest BCUT2D eigenvalue weighted by molar-refractivity contribution is 5.82. The van der Waals surface area contributed by atoms with Crippen molar-refractivity contribution in [2.24, 2.45) is 5.29 Å². The van der Waals surface area contributed by atoms with E-state index in [4.69, 9.17) is 0 Å². The normalized spacial score (nSPS) is 17.2. The number of nitrogens with one attached hydrogen (secondary N) is 1. The summed E-state index contributed by atoms with van der Waals surface area (Å²) in [5, 5.41) is 5.85. The molecule has 0 spiro atoms. The van der Waals surface area contributed by atoms with Gasteiger partial charge in [0.15, 0.2) is 0 Å². The Labute approximate surface area is 105 Å². The second-order valence-electron chi connectivity index (χ2n) is 4.67. The van der Waals surface area contributed by atoms with Crippen LogP contribution in [0.1, 0.15) is 5.56 Å². The van der Waals surface area contributed by atoms with Crippen molar-refractivity contribution in [3.8, 4) is 0 Å². The number of piperazine rings is 1. The van der Waals surface area contributed by atoms with E-state index in [2.05, 4.69) is 39.6 Å². The molecule has 1 aliphatic rings. The minimum Gasteiger partial charge on any atom is -0.361 e. The highest BCUT2D eigenvalue weighted by Gasteiger charge is 2.17. The zero-order valence-electron chi connectivity index (χ0n) is 10.2. The summed E-state index contributed by atoms with van der Waals surface area (Å²) in [6.07, 6.45) is 2.08. The Kier molecular flexibility index (Phi) is 2.98. The van der Waals surface area contributed by atoms with Crippen molar-refractivity contribution in [1.29, 1.82) is 0 Å². The van der Waals surface area contributed by atoms with E-state index in [0.717, 1.165) is 32.7 Å². The number of benzene rings is 1. The largest absolute Gasteiger partial charge is 0.361 e. The fourth-order valence-corrected chi connectivity index (χ4v) is 2.48. The highest BCUT2D eigenvalue weighted by Crippen LogP contribution is 2.19. The van der Waals surface area contributed by atoms with E-state index >= 15 is 0 Å². The Morgan fingerprint density at radius 3 is 2.72 bits per heavy atom. The summed E-state index contributed by atoms with van der Waals surface area (Å²) >= 11 is 0. The number of nitroso groups, excluding NO2 is 1. The van der Waals surface area contributed by atoms with E-state index in [-0.39, 0.29) is 0 Å². The van der Waals surface area contributed by atoms with Crippen LogP contribution in [0.4, 0.5) is 0 Å². The number of hydrogen-bond acceptors (Lipinski definition) is 3. The molecule has 3 rings (SSSR count). The number of fused-ring (bicyclic) bond motifs is 1.